The van der Waals surface area contributed by atoms with Crippen LogP contribution in [0.1, 0.15) is 49.5 Å². The maximum Gasteiger partial charge on any atom is 0.241 e. The van der Waals surface area contributed by atoms with Gasteiger partial charge in [-0.1, -0.05) is 13.3 Å². The molecule has 0 radical (unpaired) electrons. The van der Waals surface area contributed by atoms with Gasteiger partial charge in [-0.05, 0) is 39.3 Å². The van der Waals surface area contributed by atoms with Crippen LogP contribution in [-0.2, 0) is 9.53 Å². The summed E-state index contributed by atoms with van der Waals surface area (Å²) in [5.41, 5.74) is 0. The van der Waals surface area contributed by atoms with E-state index in [-0.39, 0.29) is 24.2 Å². The molecule has 0 saturated carbocycles. The van der Waals surface area contributed by atoms with Crippen molar-refractivity contribution in [3.63, 3.8) is 0 Å². The van der Waals surface area contributed by atoms with Gasteiger partial charge >= 0.3 is 0 Å². The molecule has 5 heteroatoms. The fraction of sp³-hybridized carbons (Fsp3) is 0.688. The minimum absolute atomic E-state index is 0.00402. The van der Waals surface area contributed by atoms with Gasteiger partial charge in [0, 0.05) is 22.9 Å². The number of hydrogen-bond acceptors (Lipinski definition) is 4. The van der Waals surface area contributed by atoms with Crippen molar-refractivity contribution in [3.8, 4) is 0 Å². The van der Waals surface area contributed by atoms with E-state index in [9.17, 15) is 4.79 Å². The zero-order chi connectivity index (χ0) is 15.4. The number of carbonyl (C=O) groups is 1. The largest absolute Gasteiger partial charge is 0.377 e. The zero-order valence-corrected chi connectivity index (χ0v) is 14.2. The topological polar surface area (TPSA) is 41.6 Å². The normalized spacial score (nSPS) is 23.8. The molecule has 1 aliphatic heterocycles. The fourth-order valence-electron chi connectivity index (χ4n) is 2.82. The quantitative estimate of drug-likeness (QED) is 0.841. The number of amides is 1. The third-order valence-electron chi connectivity index (χ3n) is 3.76. The first-order valence-electron chi connectivity index (χ1n) is 7.81. The highest BCUT2D eigenvalue weighted by atomic mass is 32.1. The number of carbonyl (C=O) groups excluding carboxylic acids is 1. The van der Waals surface area contributed by atoms with E-state index in [1.807, 2.05) is 18.7 Å². The van der Waals surface area contributed by atoms with E-state index in [2.05, 4.69) is 31.3 Å². The van der Waals surface area contributed by atoms with Crippen molar-refractivity contribution in [3.05, 3.63) is 21.9 Å². The third-order valence-corrected chi connectivity index (χ3v) is 4.82. The van der Waals surface area contributed by atoms with Gasteiger partial charge in [-0.2, -0.15) is 0 Å². The number of nitrogens with one attached hydrogen (secondary N) is 1. The fourth-order valence-corrected chi connectivity index (χ4v) is 3.77. The first kappa shape index (κ1) is 16.5. The second-order valence-corrected chi connectivity index (χ2v) is 6.93. The maximum absolute atomic E-state index is 12.6. The summed E-state index contributed by atoms with van der Waals surface area (Å²) >= 11 is 1.75. The Balaban J connectivity index is 2.16. The van der Waals surface area contributed by atoms with Crippen molar-refractivity contribution >= 4 is 17.2 Å². The zero-order valence-electron chi connectivity index (χ0n) is 13.4. The van der Waals surface area contributed by atoms with E-state index in [1.54, 1.807) is 11.3 Å². The van der Waals surface area contributed by atoms with E-state index in [1.165, 1.54) is 9.75 Å². The van der Waals surface area contributed by atoms with Gasteiger partial charge in [0.15, 0.2) is 0 Å². The lowest BCUT2D eigenvalue weighted by Crippen LogP contribution is -2.37. The van der Waals surface area contributed by atoms with Crippen LogP contribution in [0.3, 0.4) is 0 Å². The summed E-state index contributed by atoms with van der Waals surface area (Å²) in [7, 11) is 0. The highest BCUT2D eigenvalue weighted by molar-refractivity contribution is 7.12. The van der Waals surface area contributed by atoms with Crippen molar-refractivity contribution in [2.45, 2.75) is 58.8 Å². The molecule has 0 aromatic carbocycles. The molecule has 21 heavy (non-hydrogen) atoms. The average Bonchev–Trinajstić information content (AvgIpc) is 2.98. The summed E-state index contributed by atoms with van der Waals surface area (Å²) in [6, 6.07) is 4.18. The number of aryl methyl sites for hydroxylation is 1. The van der Waals surface area contributed by atoms with Crippen LogP contribution in [0.15, 0.2) is 12.1 Å². The van der Waals surface area contributed by atoms with Gasteiger partial charge in [0.2, 0.25) is 5.91 Å². The number of ether oxygens (including phenoxy) is 1. The van der Waals surface area contributed by atoms with Crippen LogP contribution < -0.4 is 5.32 Å². The molecule has 2 heterocycles. The first-order chi connectivity index (χ1) is 10.1. The Morgan fingerprint density at radius 3 is 2.76 bits per heavy atom. The third kappa shape index (κ3) is 3.84. The molecule has 0 spiro atoms. The Bertz CT molecular complexity index is 475. The summed E-state index contributed by atoms with van der Waals surface area (Å²) in [6.07, 6.45) is 1.95. The summed E-state index contributed by atoms with van der Waals surface area (Å²) in [5, 5.41) is 3.50. The molecule has 3 unspecified atom stereocenters. The summed E-state index contributed by atoms with van der Waals surface area (Å²) < 4.78 is 5.62. The van der Waals surface area contributed by atoms with Crippen LogP contribution in [-0.4, -0.2) is 36.1 Å². The molecule has 118 valence electrons. The van der Waals surface area contributed by atoms with Crippen molar-refractivity contribution in [2.24, 2.45) is 0 Å². The Morgan fingerprint density at radius 1 is 1.43 bits per heavy atom. The molecular formula is C16H26N2O2S. The van der Waals surface area contributed by atoms with Gasteiger partial charge in [-0.25, -0.2) is 0 Å². The lowest BCUT2D eigenvalue weighted by molar-refractivity contribution is -0.132. The van der Waals surface area contributed by atoms with Crippen molar-refractivity contribution in [1.82, 2.24) is 10.2 Å². The molecule has 0 aliphatic carbocycles. The Hall–Kier alpha value is -0.910. The summed E-state index contributed by atoms with van der Waals surface area (Å²) in [5.74, 6) is 0.208. The van der Waals surface area contributed by atoms with Gasteiger partial charge in [-0.3, -0.25) is 10.1 Å². The van der Waals surface area contributed by atoms with Crippen LogP contribution in [0.25, 0.3) is 0 Å². The monoisotopic (exact) mass is 310 g/mol. The van der Waals surface area contributed by atoms with Crippen LogP contribution in [0.2, 0.25) is 0 Å². The molecule has 1 aromatic rings. The van der Waals surface area contributed by atoms with Crippen LogP contribution >= 0.6 is 11.3 Å². The van der Waals surface area contributed by atoms with Crippen LogP contribution in [0.5, 0.6) is 0 Å². The number of thiophene rings is 1. The molecule has 2 rings (SSSR count). The number of nitrogens with zero attached hydrogens (tertiary/aromatic N) is 1. The number of hydrogen-bond donors (Lipinski definition) is 1. The highest BCUT2D eigenvalue weighted by Crippen LogP contribution is 2.31. The maximum atomic E-state index is 12.6. The Kier molecular flexibility index (Phi) is 5.79. The second kappa shape index (κ2) is 7.38. The standard InChI is InChI=1S/C16H26N2O2S/c1-5-7-13-16(19)18(10-11(3)20-6-2)15(17-13)14-9-8-12(4)21-14/h8-9,11,13,15,17H,5-7,10H2,1-4H3. The average molecular weight is 310 g/mol. The minimum Gasteiger partial charge on any atom is -0.377 e. The number of rotatable bonds is 7. The summed E-state index contributed by atoms with van der Waals surface area (Å²) in [6.45, 7) is 9.55. The van der Waals surface area contributed by atoms with E-state index < -0.39 is 0 Å². The Morgan fingerprint density at radius 2 is 2.19 bits per heavy atom. The molecule has 3 atom stereocenters. The van der Waals surface area contributed by atoms with Gasteiger partial charge in [0.1, 0.15) is 6.17 Å². The smallest absolute Gasteiger partial charge is 0.241 e. The van der Waals surface area contributed by atoms with Crippen LogP contribution in [0, 0.1) is 6.92 Å². The van der Waals surface area contributed by atoms with E-state index >= 15 is 0 Å². The molecule has 0 bridgehead atoms. The van der Waals surface area contributed by atoms with Gasteiger partial charge in [0.05, 0.1) is 12.1 Å². The first-order valence-corrected chi connectivity index (χ1v) is 8.62. The lowest BCUT2D eigenvalue weighted by atomic mass is 10.1. The lowest BCUT2D eigenvalue weighted by Gasteiger charge is -2.26. The van der Waals surface area contributed by atoms with Crippen molar-refractivity contribution in [2.75, 3.05) is 13.2 Å². The van der Waals surface area contributed by atoms with Gasteiger partial charge in [0.25, 0.3) is 0 Å². The van der Waals surface area contributed by atoms with Crippen molar-refractivity contribution < 1.29 is 9.53 Å². The molecule has 4 nitrogen and oxygen atoms in total. The molecular weight excluding hydrogens is 284 g/mol. The predicted molar refractivity (Wildman–Crippen MR) is 86.4 cm³/mol. The molecule has 1 amide bonds. The van der Waals surface area contributed by atoms with E-state index in [0.717, 1.165) is 12.8 Å². The minimum atomic E-state index is -0.0590. The molecule has 1 aliphatic rings. The second-order valence-electron chi connectivity index (χ2n) is 5.62. The van der Waals surface area contributed by atoms with E-state index in [4.69, 9.17) is 4.74 Å². The van der Waals surface area contributed by atoms with Gasteiger partial charge < -0.3 is 9.64 Å². The molecule has 1 N–H and O–H groups in total. The Labute approximate surface area is 131 Å². The van der Waals surface area contributed by atoms with Crippen molar-refractivity contribution in [1.29, 1.82) is 0 Å². The predicted octanol–water partition coefficient (Wildman–Crippen LogP) is 3.08. The molecule has 1 saturated heterocycles. The summed E-state index contributed by atoms with van der Waals surface area (Å²) in [4.78, 5) is 17.1. The van der Waals surface area contributed by atoms with Gasteiger partial charge in [-0.15, -0.1) is 11.3 Å². The van der Waals surface area contributed by atoms with Crippen LogP contribution in [0.4, 0.5) is 0 Å². The SMILES string of the molecule is CCCC1NC(c2ccc(C)s2)N(CC(C)OCC)C1=O. The van der Waals surface area contributed by atoms with E-state index in [0.29, 0.717) is 13.2 Å². The highest BCUT2D eigenvalue weighted by Gasteiger charge is 2.40. The molecule has 1 aromatic heterocycles. The molecule has 1 fully saturated rings.